The maximum absolute atomic E-state index is 8.79. The number of ether oxygens (including phenoxy) is 1. The summed E-state index contributed by atoms with van der Waals surface area (Å²) in [6.45, 7) is 5.94. The van der Waals surface area contributed by atoms with Crippen molar-refractivity contribution in [1.29, 1.82) is 0 Å². The normalized spacial score (nSPS) is 13.4. The molecule has 0 saturated carbocycles. The van der Waals surface area contributed by atoms with Crippen molar-refractivity contribution in [3.8, 4) is 0 Å². The van der Waals surface area contributed by atoms with Crippen molar-refractivity contribution in [2.75, 3.05) is 37.8 Å². The Morgan fingerprint density at radius 1 is 1.25 bits per heavy atom. The summed E-state index contributed by atoms with van der Waals surface area (Å²) in [4.78, 5) is 2.14. The maximum Gasteiger partial charge on any atom is 0.0606 e. The van der Waals surface area contributed by atoms with Crippen LogP contribution in [0.4, 0.5) is 5.69 Å². The summed E-state index contributed by atoms with van der Waals surface area (Å²) in [6, 6.07) is 10.1. The van der Waals surface area contributed by atoms with Crippen LogP contribution in [-0.2, 0) is 4.74 Å². The van der Waals surface area contributed by atoms with E-state index < -0.39 is 0 Å². The Labute approximate surface area is 97.7 Å². The van der Waals surface area contributed by atoms with Crippen molar-refractivity contribution in [3.05, 3.63) is 30.3 Å². The molecule has 1 aliphatic rings. The van der Waals surface area contributed by atoms with E-state index in [0.717, 1.165) is 19.8 Å². The third-order valence-corrected chi connectivity index (χ3v) is 2.45. The van der Waals surface area contributed by atoms with Crippen LogP contribution in [0.15, 0.2) is 30.3 Å². The molecular weight excluding hydrogens is 202 g/mol. The van der Waals surface area contributed by atoms with Crippen molar-refractivity contribution in [3.63, 3.8) is 0 Å². The summed E-state index contributed by atoms with van der Waals surface area (Å²) < 4.78 is 4.72. The second kappa shape index (κ2) is 8.13. The van der Waals surface area contributed by atoms with E-state index in [0.29, 0.717) is 6.54 Å². The van der Waals surface area contributed by atoms with Crippen LogP contribution in [0, 0.1) is 0 Å². The van der Waals surface area contributed by atoms with Gasteiger partial charge in [0.15, 0.2) is 0 Å². The van der Waals surface area contributed by atoms with Crippen LogP contribution in [0.2, 0.25) is 0 Å². The molecule has 0 bridgehead atoms. The average Bonchev–Trinajstić information content (AvgIpc) is 2.25. The van der Waals surface area contributed by atoms with Crippen molar-refractivity contribution < 1.29 is 9.84 Å². The number of nitrogens with zero attached hydrogens (tertiary/aromatic N) is 1. The van der Waals surface area contributed by atoms with Gasteiger partial charge in [0, 0.05) is 32.0 Å². The highest BCUT2D eigenvalue weighted by Crippen LogP contribution is 2.11. The molecule has 0 spiro atoms. The Balaban J connectivity index is 0.000000267. The van der Waals surface area contributed by atoms with Gasteiger partial charge in [-0.25, -0.2) is 0 Å². The largest absolute Gasteiger partial charge is 0.395 e. The van der Waals surface area contributed by atoms with Crippen LogP contribution in [-0.4, -0.2) is 38.0 Å². The number of likely N-dealkylation sites (N-methyl/N-ethyl adjacent to an activating group) is 1. The van der Waals surface area contributed by atoms with Crippen molar-refractivity contribution >= 4 is 5.69 Å². The highest BCUT2D eigenvalue weighted by Gasteiger charge is 2.00. The molecule has 1 aromatic carbocycles. The van der Waals surface area contributed by atoms with E-state index in [2.05, 4.69) is 24.0 Å². The zero-order valence-corrected chi connectivity index (χ0v) is 9.93. The smallest absolute Gasteiger partial charge is 0.0606 e. The van der Waals surface area contributed by atoms with Gasteiger partial charge in [-0.15, -0.1) is 0 Å². The van der Waals surface area contributed by atoms with Gasteiger partial charge in [0.1, 0.15) is 0 Å². The molecule has 16 heavy (non-hydrogen) atoms. The lowest BCUT2D eigenvalue weighted by atomic mass is 10.3. The molecule has 0 radical (unpaired) electrons. The Morgan fingerprint density at radius 2 is 1.81 bits per heavy atom. The molecule has 1 saturated heterocycles. The number of hydrogen-bond acceptors (Lipinski definition) is 3. The first-order chi connectivity index (χ1) is 7.88. The molecule has 1 aromatic rings. The summed E-state index contributed by atoms with van der Waals surface area (Å²) >= 11 is 0. The number of para-hydroxylation sites is 1. The molecule has 1 heterocycles. The third kappa shape index (κ3) is 4.64. The molecule has 1 fully saturated rings. The molecule has 0 atom stereocenters. The third-order valence-electron chi connectivity index (χ3n) is 2.45. The second-order valence-electron chi connectivity index (χ2n) is 3.60. The number of rotatable bonds is 4. The van der Waals surface area contributed by atoms with Gasteiger partial charge in [0.05, 0.1) is 6.61 Å². The highest BCUT2D eigenvalue weighted by atomic mass is 16.5. The standard InChI is InChI=1S/C10H15NO.C3H6O/c1-2-11(8-9-12)10-6-4-3-5-7-10;1-2-4-3-1/h3-7,12H,2,8-9H2,1H3;1-3H2. The van der Waals surface area contributed by atoms with Crippen molar-refractivity contribution in [1.82, 2.24) is 0 Å². The van der Waals surface area contributed by atoms with E-state index in [-0.39, 0.29) is 6.61 Å². The van der Waals surface area contributed by atoms with E-state index in [1.54, 1.807) is 0 Å². The predicted octanol–water partition coefficient (Wildman–Crippen LogP) is 1.91. The van der Waals surface area contributed by atoms with E-state index >= 15 is 0 Å². The molecule has 3 heteroatoms. The van der Waals surface area contributed by atoms with Crippen LogP contribution >= 0.6 is 0 Å². The zero-order chi connectivity index (χ0) is 11.6. The summed E-state index contributed by atoms with van der Waals surface area (Å²) in [5, 5.41) is 8.79. The molecule has 0 amide bonds. The van der Waals surface area contributed by atoms with Gasteiger partial charge >= 0.3 is 0 Å². The fourth-order valence-corrected chi connectivity index (χ4v) is 1.37. The van der Waals surface area contributed by atoms with Gasteiger partial charge in [0.25, 0.3) is 0 Å². The summed E-state index contributed by atoms with van der Waals surface area (Å²) in [5.41, 5.74) is 1.18. The minimum Gasteiger partial charge on any atom is -0.395 e. The van der Waals surface area contributed by atoms with Crippen LogP contribution in [0.1, 0.15) is 13.3 Å². The molecule has 0 unspecified atom stereocenters. The Bertz CT molecular complexity index is 256. The Kier molecular flexibility index (Phi) is 6.61. The zero-order valence-electron chi connectivity index (χ0n) is 9.93. The molecule has 1 N–H and O–H groups in total. The minimum atomic E-state index is 0.211. The number of anilines is 1. The highest BCUT2D eigenvalue weighted by molar-refractivity contribution is 5.45. The fourth-order valence-electron chi connectivity index (χ4n) is 1.37. The van der Waals surface area contributed by atoms with E-state index in [1.165, 1.54) is 12.1 Å². The van der Waals surface area contributed by atoms with Gasteiger partial charge in [-0.1, -0.05) is 18.2 Å². The molecule has 90 valence electrons. The van der Waals surface area contributed by atoms with Gasteiger partial charge in [-0.3, -0.25) is 0 Å². The van der Waals surface area contributed by atoms with Crippen LogP contribution in [0.25, 0.3) is 0 Å². The molecular formula is C13H21NO2. The average molecular weight is 223 g/mol. The molecule has 0 aliphatic carbocycles. The minimum absolute atomic E-state index is 0.211. The maximum atomic E-state index is 8.79. The van der Waals surface area contributed by atoms with Crippen molar-refractivity contribution in [2.24, 2.45) is 0 Å². The number of aliphatic hydroxyl groups is 1. The van der Waals surface area contributed by atoms with Gasteiger partial charge < -0.3 is 14.7 Å². The summed E-state index contributed by atoms with van der Waals surface area (Å²) in [5.74, 6) is 0. The van der Waals surface area contributed by atoms with E-state index in [4.69, 9.17) is 9.84 Å². The Hall–Kier alpha value is -1.06. The Morgan fingerprint density at radius 3 is 2.19 bits per heavy atom. The van der Waals surface area contributed by atoms with Crippen LogP contribution < -0.4 is 4.90 Å². The van der Waals surface area contributed by atoms with Crippen molar-refractivity contribution in [2.45, 2.75) is 13.3 Å². The lowest BCUT2D eigenvalue weighted by molar-refractivity contribution is 0.0367. The summed E-state index contributed by atoms with van der Waals surface area (Å²) in [7, 11) is 0. The quantitative estimate of drug-likeness (QED) is 0.846. The van der Waals surface area contributed by atoms with Crippen LogP contribution in [0.3, 0.4) is 0 Å². The molecule has 2 rings (SSSR count). The van der Waals surface area contributed by atoms with Gasteiger partial charge in [0.2, 0.25) is 0 Å². The van der Waals surface area contributed by atoms with Crippen LogP contribution in [0.5, 0.6) is 0 Å². The molecule has 3 nitrogen and oxygen atoms in total. The number of hydrogen-bond donors (Lipinski definition) is 1. The predicted molar refractivity (Wildman–Crippen MR) is 66.9 cm³/mol. The SMILES string of the molecule is C1COC1.CCN(CCO)c1ccccc1. The lowest BCUT2D eigenvalue weighted by Crippen LogP contribution is -2.25. The van der Waals surface area contributed by atoms with Gasteiger partial charge in [-0.2, -0.15) is 0 Å². The topological polar surface area (TPSA) is 32.7 Å². The lowest BCUT2D eigenvalue weighted by Gasteiger charge is -2.21. The first-order valence-electron chi connectivity index (χ1n) is 5.87. The number of aliphatic hydroxyl groups excluding tert-OH is 1. The molecule has 1 aliphatic heterocycles. The summed E-state index contributed by atoms with van der Waals surface area (Å²) in [6.07, 6.45) is 1.28. The first-order valence-corrected chi connectivity index (χ1v) is 5.87. The number of benzene rings is 1. The second-order valence-corrected chi connectivity index (χ2v) is 3.60. The van der Waals surface area contributed by atoms with Gasteiger partial charge in [-0.05, 0) is 25.5 Å². The first kappa shape index (κ1) is 13.0. The van der Waals surface area contributed by atoms with E-state index in [9.17, 15) is 0 Å². The fraction of sp³-hybridized carbons (Fsp3) is 0.538. The monoisotopic (exact) mass is 223 g/mol. The van der Waals surface area contributed by atoms with E-state index in [1.807, 2.05) is 18.2 Å². The molecule has 0 aromatic heterocycles.